The maximum Gasteiger partial charge on any atom is 0.0329 e. The topological polar surface area (TPSA) is 3.24 Å². The predicted molar refractivity (Wildman–Crippen MR) is 48.3 cm³/mol. The van der Waals surface area contributed by atoms with Crippen LogP contribution < -0.4 is 0 Å². The molecule has 0 fully saturated rings. The molecule has 0 aromatic rings. The number of hydrogen-bond donors (Lipinski definition) is 0. The van der Waals surface area contributed by atoms with Gasteiger partial charge in [0.15, 0.2) is 0 Å². The van der Waals surface area contributed by atoms with Gasteiger partial charge in [-0.3, -0.25) is 0 Å². The van der Waals surface area contributed by atoms with Crippen molar-refractivity contribution in [3.05, 3.63) is 0 Å². The summed E-state index contributed by atoms with van der Waals surface area (Å²) < 4.78 is 0. The summed E-state index contributed by atoms with van der Waals surface area (Å²) in [6, 6.07) is 0. The number of hydrogen-bond acceptors (Lipinski definition) is 1. The van der Waals surface area contributed by atoms with Crippen LogP contribution in [-0.4, -0.2) is 25.5 Å². The molecule has 0 heterocycles. The summed E-state index contributed by atoms with van der Waals surface area (Å²) in [6.45, 7) is 1.13. The smallest absolute Gasteiger partial charge is 0.0329 e. The molecule has 0 bridgehead atoms. The van der Waals surface area contributed by atoms with Crippen molar-refractivity contribution in [2.24, 2.45) is 5.92 Å². The van der Waals surface area contributed by atoms with Gasteiger partial charge in [0, 0.05) is 18.9 Å². The average molecular weight is 151 g/mol. The fourth-order valence-electron chi connectivity index (χ4n) is 1.47. The average Bonchev–Trinajstić information content (AvgIpc) is 2.14. The summed E-state index contributed by atoms with van der Waals surface area (Å²) in [5.41, 5.74) is 0. The van der Waals surface area contributed by atoms with Gasteiger partial charge in [-0.15, -0.1) is 5.92 Å². The maximum absolute atomic E-state index is 3.32. The molecule has 0 aromatic heterocycles. The molecule has 1 aliphatic rings. The lowest BCUT2D eigenvalue weighted by Gasteiger charge is -2.14. The van der Waals surface area contributed by atoms with E-state index in [0.717, 1.165) is 13.0 Å². The van der Waals surface area contributed by atoms with E-state index in [1.54, 1.807) is 0 Å². The molecule has 11 heavy (non-hydrogen) atoms. The molecule has 0 saturated carbocycles. The summed E-state index contributed by atoms with van der Waals surface area (Å²) in [5.74, 6) is 7.18. The second-order valence-electron chi connectivity index (χ2n) is 3.53. The van der Waals surface area contributed by atoms with Crippen molar-refractivity contribution in [3.8, 4) is 11.8 Å². The van der Waals surface area contributed by atoms with E-state index in [0.29, 0.717) is 5.92 Å². The van der Waals surface area contributed by atoms with E-state index >= 15 is 0 Å². The van der Waals surface area contributed by atoms with Gasteiger partial charge < -0.3 is 4.90 Å². The van der Waals surface area contributed by atoms with Crippen molar-refractivity contribution in [3.63, 3.8) is 0 Å². The van der Waals surface area contributed by atoms with Gasteiger partial charge in [-0.25, -0.2) is 0 Å². The van der Waals surface area contributed by atoms with Crippen LogP contribution >= 0.6 is 0 Å². The van der Waals surface area contributed by atoms with E-state index < -0.39 is 0 Å². The second kappa shape index (κ2) is 4.41. The predicted octanol–water partition coefficient (Wildman–Crippen LogP) is 1.74. The fourth-order valence-corrected chi connectivity index (χ4v) is 1.47. The van der Waals surface area contributed by atoms with Crippen LogP contribution in [-0.2, 0) is 0 Å². The Bertz CT molecular complexity index is 161. The molecule has 0 saturated heterocycles. The van der Waals surface area contributed by atoms with Gasteiger partial charge in [0.1, 0.15) is 0 Å². The Morgan fingerprint density at radius 1 is 1.36 bits per heavy atom. The molecule has 1 atom stereocenters. The zero-order valence-electron chi connectivity index (χ0n) is 7.56. The molecule has 0 N–H and O–H groups in total. The minimum atomic E-state index is 0.632. The van der Waals surface area contributed by atoms with E-state index in [1.807, 2.05) is 0 Å². The molecule has 0 amide bonds. The molecule has 1 nitrogen and oxygen atoms in total. The molecule has 0 aromatic carbocycles. The first kappa shape index (κ1) is 8.62. The first-order valence-electron chi connectivity index (χ1n) is 4.42. The Morgan fingerprint density at radius 3 is 2.91 bits per heavy atom. The lowest BCUT2D eigenvalue weighted by atomic mass is 10.0. The van der Waals surface area contributed by atoms with Crippen molar-refractivity contribution in [2.75, 3.05) is 20.6 Å². The monoisotopic (exact) mass is 151 g/mol. The Hall–Kier alpha value is -0.480. The third kappa shape index (κ3) is 3.43. The van der Waals surface area contributed by atoms with Crippen LogP contribution in [0.25, 0.3) is 0 Å². The summed E-state index contributed by atoms with van der Waals surface area (Å²) in [5, 5.41) is 0. The lowest BCUT2D eigenvalue weighted by Crippen LogP contribution is -2.20. The number of rotatable bonds is 2. The summed E-state index contributed by atoms with van der Waals surface area (Å²) in [4.78, 5) is 2.23. The Labute approximate surface area is 69.8 Å². The van der Waals surface area contributed by atoms with Gasteiger partial charge >= 0.3 is 0 Å². The molecule has 62 valence electrons. The van der Waals surface area contributed by atoms with Crippen molar-refractivity contribution in [1.82, 2.24) is 4.90 Å². The highest BCUT2D eigenvalue weighted by Gasteiger charge is 2.07. The highest BCUT2D eigenvalue weighted by atomic mass is 15.1. The Kier molecular flexibility index (Phi) is 3.45. The zero-order chi connectivity index (χ0) is 8.10. The highest BCUT2D eigenvalue weighted by molar-refractivity contribution is 5.05. The van der Waals surface area contributed by atoms with Crippen LogP contribution in [0.15, 0.2) is 0 Å². The van der Waals surface area contributed by atoms with Crippen LogP contribution in [0, 0.1) is 17.8 Å². The van der Waals surface area contributed by atoms with Gasteiger partial charge in [-0.1, -0.05) is 12.3 Å². The minimum absolute atomic E-state index is 0.632. The summed E-state index contributed by atoms with van der Waals surface area (Å²) in [7, 11) is 4.24. The Balaban J connectivity index is 2.34. The van der Waals surface area contributed by atoms with Gasteiger partial charge in [0.25, 0.3) is 0 Å². The molecule has 1 aliphatic carbocycles. The third-order valence-electron chi connectivity index (χ3n) is 2.00. The highest BCUT2D eigenvalue weighted by Crippen LogP contribution is 2.12. The molecule has 0 aliphatic heterocycles. The van der Waals surface area contributed by atoms with Crippen molar-refractivity contribution < 1.29 is 0 Å². The van der Waals surface area contributed by atoms with Crippen LogP contribution in [0.1, 0.15) is 25.7 Å². The standard InChI is InChI=1S/C10H17N/c1-11(2)9-10-7-5-3-4-6-8-10/h10H,3-5,7,9H2,1-2H3/t10-/m1/s1. The molecule has 1 heteroatoms. The van der Waals surface area contributed by atoms with Gasteiger partial charge in [-0.05, 0) is 26.9 Å². The van der Waals surface area contributed by atoms with E-state index in [4.69, 9.17) is 0 Å². The zero-order valence-corrected chi connectivity index (χ0v) is 7.56. The van der Waals surface area contributed by atoms with Crippen molar-refractivity contribution in [2.45, 2.75) is 25.7 Å². The lowest BCUT2D eigenvalue weighted by molar-refractivity contribution is 0.351. The van der Waals surface area contributed by atoms with Crippen molar-refractivity contribution >= 4 is 0 Å². The van der Waals surface area contributed by atoms with E-state index in [-0.39, 0.29) is 0 Å². The quantitative estimate of drug-likeness (QED) is 0.543. The normalized spacial score (nSPS) is 24.1. The van der Waals surface area contributed by atoms with Crippen molar-refractivity contribution in [1.29, 1.82) is 0 Å². The van der Waals surface area contributed by atoms with Gasteiger partial charge in [0.05, 0.1) is 0 Å². The second-order valence-corrected chi connectivity index (χ2v) is 3.53. The van der Waals surface area contributed by atoms with Crippen LogP contribution in [0.4, 0.5) is 0 Å². The minimum Gasteiger partial charge on any atom is -0.308 e. The molecular formula is C10H17N. The molecular weight excluding hydrogens is 134 g/mol. The molecule has 0 spiro atoms. The SMILES string of the molecule is CN(C)C[C@H]1C#CCCCC1. The molecule has 0 unspecified atom stereocenters. The molecule has 1 rings (SSSR count). The van der Waals surface area contributed by atoms with E-state index in [9.17, 15) is 0 Å². The van der Waals surface area contributed by atoms with Gasteiger partial charge in [-0.2, -0.15) is 0 Å². The van der Waals surface area contributed by atoms with Crippen LogP contribution in [0.5, 0.6) is 0 Å². The number of nitrogens with zero attached hydrogens (tertiary/aromatic N) is 1. The van der Waals surface area contributed by atoms with E-state index in [1.165, 1.54) is 19.3 Å². The summed E-state index contributed by atoms with van der Waals surface area (Å²) >= 11 is 0. The van der Waals surface area contributed by atoms with E-state index in [2.05, 4.69) is 30.8 Å². The Morgan fingerprint density at radius 2 is 2.18 bits per heavy atom. The maximum atomic E-state index is 3.32. The largest absolute Gasteiger partial charge is 0.308 e. The fraction of sp³-hybridized carbons (Fsp3) is 0.800. The first-order valence-corrected chi connectivity index (χ1v) is 4.42. The molecule has 0 radical (unpaired) electrons. The van der Waals surface area contributed by atoms with Crippen LogP contribution in [0.3, 0.4) is 0 Å². The first-order chi connectivity index (χ1) is 5.29. The summed E-state index contributed by atoms with van der Waals surface area (Å²) in [6.07, 6.45) is 5.06. The van der Waals surface area contributed by atoms with Crippen LogP contribution in [0.2, 0.25) is 0 Å². The third-order valence-corrected chi connectivity index (χ3v) is 2.00. The van der Waals surface area contributed by atoms with Gasteiger partial charge in [0.2, 0.25) is 0 Å².